The molecule has 0 bridgehead atoms. The van der Waals surface area contributed by atoms with Crippen LogP contribution in [-0.2, 0) is 22.6 Å². The van der Waals surface area contributed by atoms with Crippen molar-refractivity contribution in [3.8, 4) is 0 Å². The summed E-state index contributed by atoms with van der Waals surface area (Å²) in [5.74, 6) is -0.107. The molecule has 3 rings (SSSR count). The van der Waals surface area contributed by atoms with E-state index in [1.54, 1.807) is 11.2 Å². The van der Waals surface area contributed by atoms with Crippen molar-refractivity contribution in [2.75, 3.05) is 19.6 Å². The summed E-state index contributed by atoms with van der Waals surface area (Å²) in [6.07, 6.45) is 2.23. The van der Waals surface area contributed by atoms with Crippen LogP contribution >= 0.6 is 0 Å². The van der Waals surface area contributed by atoms with Crippen LogP contribution in [0, 0.1) is 0 Å². The number of rotatable bonds is 1. The smallest absolute Gasteiger partial charge is 0.240 e. The standard InChI is InChI=1S/C11H15N5O2/c17-10-5-16(2-1-12-10)11(18)8-3-7-9(4-13-8)15-6-14-7/h6,8,13H,1-5H2,(H,12,17)(H,14,15). The van der Waals surface area contributed by atoms with Crippen LogP contribution < -0.4 is 10.6 Å². The van der Waals surface area contributed by atoms with E-state index in [9.17, 15) is 9.59 Å². The minimum absolute atomic E-state index is 0.0153. The Hall–Kier alpha value is -1.89. The van der Waals surface area contributed by atoms with E-state index in [1.807, 2.05) is 0 Å². The molecular formula is C11H15N5O2. The molecule has 1 atom stereocenters. The molecule has 1 saturated heterocycles. The van der Waals surface area contributed by atoms with Crippen molar-refractivity contribution in [2.24, 2.45) is 0 Å². The number of nitrogens with one attached hydrogen (secondary N) is 3. The average Bonchev–Trinajstić information content (AvgIpc) is 2.85. The molecule has 7 nitrogen and oxygen atoms in total. The van der Waals surface area contributed by atoms with Gasteiger partial charge in [0.05, 0.1) is 30.3 Å². The minimum atomic E-state index is -0.272. The number of carbonyl (C=O) groups excluding carboxylic acids is 2. The number of aromatic nitrogens is 2. The predicted molar refractivity (Wildman–Crippen MR) is 62.5 cm³/mol. The van der Waals surface area contributed by atoms with E-state index in [0.717, 1.165) is 11.4 Å². The van der Waals surface area contributed by atoms with E-state index in [2.05, 4.69) is 20.6 Å². The summed E-state index contributed by atoms with van der Waals surface area (Å²) in [4.78, 5) is 32.4. The van der Waals surface area contributed by atoms with Gasteiger partial charge in [0.2, 0.25) is 11.8 Å². The Labute approximate surface area is 104 Å². The number of aromatic amines is 1. The third kappa shape index (κ3) is 1.97. The molecule has 96 valence electrons. The molecule has 1 aromatic heterocycles. The molecule has 2 aliphatic heterocycles. The van der Waals surface area contributed by atoms with Crippen LogP contribution in [0.2, 0.25) is 0 Å². The second-order valence-electron chi connectivity index (χ2n) is 4.58. The van der Waals surface area contributed by atoms with Gasteiger partial charge in [0, 0.05) is 26.1 Å². The van der Waals surface area contributed by atoms with Crippen molar-refractivity contribution < 1.29 is 9.59 Å². The second-order valence-corrected chi connectivity index (χ2v) is 4.58. The zero-order valence-corrected chi connectivity index (χ0v) is 9.90. The maximum Gasteiger partial charge on any atom is 0.240 e. The fraction of sp³-hybridized carbons (Fsp3) is 0.545. The monoisotopic (exact) mass is 249 g/mol. The van der Waals surface area contributed by atoms with E-state index in [4.69, 9.17) is 0 Å². The molecule has 7 heteroatoms. The predicted octanol–water partition coefficient (Wildman–Crippen LogP) is -1.62. The maximum atomic E-state index is 12.3. The number of hydrogen-bond donors (Lipinski definition) is 3. The fourth-order valence-electron chi connectivity index (χ4n) is 2.39. The zero-order chi connectivity index (χ0) is 12.5. The van der Waals surface area contributed by atoms with Crippen LogP contribution in [0.3, 0.4) is 0 Å². The van der Waals surface area contributed by atoms with E-state index in [0.29, 0.717) is 26.1 Å². The topological polar surface area (TPSA) is 90.1 Å². The molecule has 1 aromatic rings. The summed E-state index contributed by atoms with van der Waals surface area (Å²) >= 11 is 0. The summed E-state index contributed by atoms with van der Waals surface area (Å²) in [5, 5.41) is 5.89. The van der Waals surface area contributed by atoms with Crippen molar-refractivity contribution in [3.05, 3.63) is 17.7 Å². The lowest BCUT2D eigenvalue weighted by Gasteiger charge is -2.31. The first-order chi connectivity index (χ1) is 8.74. The Balaban J connectivity index is 1.69. The first-order valence-corrected chi connectivity index (χ1v) is 6.04. The number of imidazole rings is 1. The molecule has 1 fully saturated rings. The maximum absolute atomic E-state index is 12.3. The molecule has 0 aliphatic carbocycles. The van der Waals surface area contributed by atoms with Crippen LogP contribution in [0.5, 0.6) is 0 Å². The van der Waals surface area contributed by atoms with Gasteiger partial charge >= 0.3 is 0 Å². The molecule has 2 aliphatic rings. The van der Waals surface area contributed by atoms with Gasteiger partial charge in [-0.2, -0.15) is 0 Å². The number of nitrogens with zero attached hydrogens (tertiary/aromatic N) is 2. The van der Waals surface area contributed by atoms with Gasteiger partial charge in [-0.3, -0.25) is 14.9 Å². The molecule has 0 spiro atoms. The minimum Gasteiger partial charge on any atom is -0.353 e. The number of hydrogen-bond acceptors (Lipinski definition) is 4. The van der Waals surface area contributed by atoms with Crippen molar-refractivity contribution in [1.82, 2.24) is 25.5 Å². The van der Waals surface area contributed by atoms with E-state index in [-0.39, 0.29) is 24.4 Å². The van der Waals surface area contributed by atoms with Gasteiger partial charge in [-0.15, -0.1) is 0 Å². The molecule has 0 radical (unpaired) electrons. The number of amides is 2. The highest BCUT2D eigenvalue weighted by molar-refractivity contribution is 5.88. The number of fused-ring (bicyclic) bond motifs is 1. The Morgan fingerprint density at radius 3 is 3.22 bits per heavy atom. The number of H-pyrrole nitrogens is 1. The van der Waals surface area contributed by atoms with Gasteiger partial charge in [-0.25, -0.2) is 4.98 Å². The van der Waals surface area contributed by atoms with Gasteiger partial charge < -0.3 is 15.2 Å². The van der Waals surface area contributed by atoms with Gasteiger partial charge in [0.15, 0.2) is 0 Å². The quantitative estimate of drug-likeness (QED) is 0.558. The third-order valence-electron chi connectivity index (χ3n) is 3.38. The highest BCUT2D eigenvalue weighted by atomic mass is 16.2. The number of piperazine rings is 1. The SMILES string of the molecule is O=C1CN(C(=O)C2Cc3nc[nH]c3CN2)CCN1. The van der Waals surface area contributed by atoms with Crippen LogP contribution in [0.1, 0.15) is 11.4 Å². The van der Waals surface area contributed by atoms with Crippen molar-refractivity contribution in [3.63, 3.8) is 0 Å². The number of carbonyl (C=O) groups is 2. The van der Waals surface area contributed by atoms with Gasteiger partial charge in [0.1, 0.15) is 0 Å². The van der Waals surface area contributed by atoms with Crippen molar-refractivity contribution in [1.29, 1.82) is 0 Å². The largest absolute Gasteiger partial charge is 0.353 e. The van der Waals surface area contributed by atoms with Gasteiger partial charge in [-0.1, -0.05) is 0 Å². The van der Waals surface area contributed by atoms with Crippen molar-refractivity contribution in [2.45, 2.75) is 19.0 Å². The molecule has 2 amide bonds. The summed E-state index contributed by atoms with van der Waals surface area (Å²) in [6.45, 7) is 1.89. The molecule has 18 heavy (non-hydrogen) atoms. The molecular weight excluding hydrogens is 234 g/mol. The van der Waals surface area contributed by atoms with Crippen LogP contribution in [0.25, 0.3) is 0 Å². The summed E-state index contributed by atoms with van der Waals surface area (Å²) in [5.41, 5.74) is 1.98. The van der Waals surface area contributed by atoms with Gasteiger partial charge in [0.25, 0.3) is 0 Å². The molecule has 1 unspecified atom stereocenters. The summed E-state index contributed by atoms with van der Waals surface area (Å²) < 4.78 is 0. The lowest BCUT2D eigenvalue weighted by atomic mass is 10.0. The Morgan fingerprint density at radius 2 is 2.39 bits per heavy atom. The Kier molecular flexibility index (Phi) is 2.75. The van der Waals surface area contributed by atoms with E-state index < -0.39 is 0 Å². The molecule has 0 saturated carbocycles. The van der Waals surface area contributed by atoms with Gasteiger partial charge in [-0.05, 0) is 0 Å². The second kappa shape index (κ2) is 4.41. The summed E-state index contributed by atoms with van der Waals surface area (Å²) in [6, 6.07) is -0.272. The zero-order valence-electron chi connectivity index (χ0n) is 9.90. The van der Waals surface area contributed by atoms with Crippen LogP contribution in [0.15, 0.2) is 6.33 Å². The Bertz CT molecular complexity index is 484. The Morgan fingerprint density at radius 1 is 1.50 bits per heavy atom. The van der Waals surface area contributed by atoms with E-state index >= 15 is 0 Å². The van der Waals surface area contributed by atoms with E-state index in [1.165, 1.54) is 0 Å². The first kappa shape index (κ1) is 11.2. The normalized spacial score (nSPS) is 23.4. The van der Waals surface area contributed by atoms with Crippen LogP contribution in [-0.4, -0.2) is 52.4 Å². The lowest BCUT2D eigenvalue weighted by molar-refractivity contribution is -0.140. The summed E-state index contributed by atoms with van der Waals surface area (Å²) in [7, 11) is 0. The average molecular weight is 249 g/mol. The third-order valence-corrected chi connectivity index (χ3v) is 3.38. The highest BCUT2D eigenvalue weighted by Gasteiger charge is 2.31. The molecule has 0 aromatic carbocycles. The molecule has 3 heterocycles. The van der Waals surface area contributed by atoms with Crippen molar-refractivity contribution >= 4 is 11.8 Å². The highest BCUT2D eigenvalue weighted by Crippen LogP contribution is 2.14. The molecule has 3 N–H and O–H groups in total. The first-order valence-electron chi connectivity index (χ1n) is 6.04. The lowest BCUT2D eigenvalue weighted by Crippen LogP contribution is -2.56. The van der Waals surface area contributed by atoms with Crippen LogP contribution in [0.4, 0.5) is 0 Å². The fourth-order valence-corrected chi connectivity index (χ4v) is 2.39.